The number of fused-ring (bicyclic) bond motifs is 8. The van der Waals surface area contributed by atoms with E-state index in [0.717, 1.165) is 44.4 Å². The van der Waals surface area contributed by atoms with E-state index in [1.807, 2.05) is 91.0 Å². The number of carboxylic acid groups (broad SMARTS) is 1. The molecule has 0 spiro atoms. The SMILES string of the molecule is O=C(O)c1c(-c2ccccc2)c2[nH]c1=Cc1ccc([nH]1)C=c1ccc([nH]1)=Cc1ccc([nH]1)C=2. The molecule has 5 N–H and O–H groups in total. The number of carbonyl (C=O) groups is 1. The van der Waals surface area contributed by atoms with Gasteiger partial charge in [0.2, 0.25) is 0 Å². The Kier molecular flexibility index (Phi) is 4.30. The number of H-pyrrole nitrogens is 4. The third kappa shape index (κ3) is 3.53. The topological polar surface area (TPSA) is 100 Å². The van der Waals surface area contributed by atoms with Gasteiger partial charge in [-0.1, -0.05) is 30.3 Å². The smallest absolute Gasteiger partial charge is 0.338 e. The van der Waals surface area contributed by atoms with Crippen LogP contribution in [0.4, 0.5) is 0 Å². The highest BCUT2D eigenvalue weighted by Crippen LogP contribution is 2.19. The van der Waals surface area contributed by atoms with Crippen molar-refractivity contribution in [3.8, 4) is 11.1 Å². The molecule has 6 rings (SSSR count). The first-order valence-corrected chi connectivity index (χ1v) is 10.6. The largest absolute Gasteiger partial charge is 0.478 e. The average molecular weight is 432 g/mol. The second-order valence-corrected chi connectivity index (χ2v) is 8.06. The summed E-state index contributed by atoms with van der Waals surface area (Å²) in [4.78, 5) is 25.9. The van der Waals surface area contributed by atoms with E-state index in [-0.39, 0.29) is 5.56 Å². The Bertz CT molecular complexity index is 1740. The van der Waals surface area contributed by atoms with E-state index >= 15 is 0 Å². The van der Waals surface area contributed by atoms with E-state index < -0.39 is 5.97 Å². The van der Waals surface area contributed by atoms with Crippen molar-refractivity contribution in [1.29, 1.82) is 0 Å². The monoisotopic (exact) mass is 432 g/mol. The van der Waals surface area contributed by atoms with Crippen LogP contribution >= 0.6 is 0 Å². The van der Waals surface area contributed by atoms with Crippen molar-refractivity contribution in [2.24, 2.45) is 0 Å². The lowest BCUT2D eigenvalue weighted by molar-refractivity contribution is 0.0696. The number of hydrogen-bond acceptors (Lipinski definition) is 1. The molecule has 1 aliphatic heterocycles. The lowest BCUT2D eigenvalue weighted by Gasteiger charge is -2.01. The molecule has 160 valence electrons. The van der Waals surface area contributed by atoms with Gasteiger partial charge < -0.3 is 25.0 Å². The normalized spacial score (nSPS) is 12.2. The molecule has 33 heavy (non-hydrogen) atoms. The number of aromatic amines is 4. The van der Waals surface area contributed by atoms with Gasteiger partial charge in [0.1, 0.15) is 0 Å². The lowest BCUT2D eigenvalue weighted by atomic mass is 10.0. The minimum atomic E-state index is -0.980. The van der Waals surface area contributed by atoms with E-state index in [9.17, 15) is 9.90 Å². The van der Waals surface area contributed by atoms with Crippen LogP contribution in [-0.2, 0) is 0 Å². The number of carboxylic acids is 1. The van der Waals surface area contributed by atoms with Gasteiger partial charge in [0.25, 0.3) is 0 Å². The third-order valence-electron chi connectivity index (χ3n) is 5.75. The quantitative estimate of drug-likeness (QED) is 0.289. The van der Waals surface area contributed by atoms with Crippen LogP contribution in [0.25, 0.3) is 35.4 Å². The fraction of sp³-hybridized carbons (Fsp3) is 0. The molecule has 6 nitrogen and oxygen atoms in total. The number of hydrogen-bond donors (Lipinski definition) is 5. The van der Waals surface area contributed by atoms with Crippen molar-refractivity contribution in [3.05, 3.63) is 116 Å². The molecule has 1 aliphatic rings. The Balaban J connectivity index is 1.71. The summed E-state index contributed by atoms with van der Waals surface area (Å²) in [7, 11) is 0. The van der Waals surface area contributed by atoms with Gasteiger partial charge in [0.05, 0.1) is 10.9 Å². The Hall–Kier alpha value is -4.71. The number of benzene rings is 1. The van der Waals surface area contributed by atoms with Crippen LogP contribution in [0.1, 0.15) is 33.1 Å². The van der Waals surface area contributed by atoms with Crippen molar-refractivity contribution < 1.29 is 9.90 Å². The molecule has 6 heteroatoms. The molecule has 4 aromatic heterocycles. The number of rotatable bonds is 2. The average Bonchev–Trinajstić information content (AvgIpc) is 3.58. The van der Waals surface area contributed by atoms with Crippen LogP contribution in [0.15, 0.2) is 66.7 Å². The Labute approximate surface area is 188 Å². The highest BCUT2D eigenvalue weighted by Gasteiger charge is 2.18. The summed E-state index contributed by atoms with van der Waals surface area (Å²) in [6.45, 7) is 0. The maximum absolute atomic E-state index is 12.4. The van der Waals surface area contributed by atoms with Crippen LogP contribution in [0, 0.1) is 0 Å². The molecular formula is C27H20N4O2. The zero-order chi connectivity index (χ0) is 22.4. The summed E-state index contributed by atoms with van der Waals surface area (Å²) < 4.78 is 0. The fourth-order valence-electron chi connectivity index (χ4n) is 4.32. The highest BCUT2D eigenvalue weighted by atomic mass is 16.4. The van der Waals surface area contributed by atoms with Crippen molar-refractivity contribution in [2.75, 3.05) is 0 Å². The molecule has 0 radical (unpaired) electrons. The first-order valence-electron chi connectivity index (χ1n) is 10.6. The molecule has 0 aliphatic carbocycles. The first-order chi connectivity index (χ1) is 16.1. The summed E-state index contributed by atoms with van der Waals surface area (Å²) in [6.07, 6.45) is 7.84. The zero-order valence-corrected chi connectivity index (χ0v) is 17.5. The predicted molar refractivity (Wildman–Crippen MR) is 128 cm³/mol. The molecule has 0 saturated carbocycles. The Morgan fingerprint density at radius 3 is 1.70 bits per heavy atom. The number of aromatic nitrogens is 4. The number of aromatic carboxylic acids is 1. The minimum Gasteiger partial charge on any atom is -0.478 e. The summed E-state index contributed by atoms with van der Waals surface area (Å²) >= 11 is 0. The maximum Gasteiger partial charge on any atom is 0.338 e. The van der Waals surface area contributed by atoms with Gasteiger partial charge in [0.15, 0.2) is 0 Å². The van der Waals surface area contributed by atoms with Gasteiger partial charge in [-0.25, -0.2) is 4.79 Å². The summed E-state index contributed by atoms with van der Waals surface area (Å²) in [5.74, 6) is -0.980. The molecule has 0 saturated heterocycles. The van der Waals surface area contributed by atoms with Crippen molar-refractivity contribution in [3.63, 3.8) is 0 Å². The molecule has 0 amide bonds. The predicted octanol–water partition coefficient (Wildman–Crippen LogP) is 1.99. The third-order valence-corrected chi connectivity index (χ3v) is 5.75. The molecule has 8 bridgehead atoms. The summed E-state index contributed by atoms with van der Waals surface area (Å²) in [5.41, 5.74) is 5.28. The summed E-state index contributed by atoms with van der Waals surface area (Å²) in [6, 6.07) is 21.6. The highest BCUT2D eigenvalue weighted by molar-refractivity contribution is 5.97. The summed E-state index contributed by atoms with van der Waals surface area (Å²) in [5, 5.41) is 13.4. The van der Waals surface area contributed by atoms with E-state index in [4.69, 9.17) is 0 Å². The number of nitrogens with one attached hydrogen (secondary N) is 4. The van der Waals surface area contributed by atoms with Gasteiger partial charge >= 0.3 is 5.97 Å². The van der Waals surface area contributed by atoms with Crippen LogP contribution in [0.2, 0.25) is 0 Å². The van der Waals surface area contributed by atoms with Crippen molar-refractivity contribution >= 4 is 30.3 Å². The second-order valence-electron chi connectivity index (χ2n) is 8.06. The lowest BCUT2D eigenvalue weighted by Crippen LogP contribution is -2.15. The van der Waals surface area contributed by atoms with Gasteiger partial charge in [-0.15, -0.1) is 0 Å². The van der Waals surface area contributed by atoms with Crippen LogP contribution in [0.3, 0.4) is 0 Å². The minimum absolute atomic E-state index is 0.240. The molecule has 5 heterocycles. The molecule has 5 aromatic rings. The van der Waals surface area contributed by atoms with E-state index in [1.54, 1.807) is 0 Å². The van der Waals surface area contributed by atoms with E-state index in [0.29, 0.717) is 10.9 Å². The van der Waals surface area contributed by atoms with Crippen molar-refractivity contribution in [1.82, 2.24) is 19.9 Å². The second kappa shape index (κ2) is 7.46. The maximum atomic E-state index is 12.4. The van der Waals surface area contributed by atoms with Gasteiger partial charge in [-0.3, -0.25) is 0 Å². The van der Waals surface area contributed by atoms with E-state index in [1.165, 1.54) is 0 Å². The van der Waals surface area contributed by atoms with Crippen LogP contribution < -0.4 is 21.4 Å². The Morgan fingerprint density at radius 2 is 1.12 bits per heavy atom. The first kappa shape index (κ1) is 19.0. The van der Waals surface area contributed by atoms with Gasteiger partial charge in [-0.05, 0) is 66.3 Å². The molecular weight excluding hydrogens is 412 g/mol. The zero-order valence-electron chi connectivity index (χ0n) is 17.5. The van der Waals surface area contributed by atoms with Crippen LogP contribution in [0.5, 0.6) is 0 Å². The standard InChI is InChI=1S/C27H20N4O2/c32-27(33)26-24-15-22-11-9-20(30-22)13-18-7-6-17(28-18)12-19-8-10-21(29-19)14-23(31-24)25(26)16-4-2-1-3-5-16/h1-15,28-31H,(H,32,33). The Morgan fingerprint density at radius 1 is 0.576 bits per heavy atom. The van der Waals surface area contributed by atoms with Gasteiger partial charge in [0, 0.05) is 44.4 Å². The van der Waals surface area contributed by atoms with Crippen LogP contribution in [-0.4, -0.2) is 31.0 Å². The fourth-order valence-corrected chi connectivity index (χ4v) is 4.32. The molecule has 0 unspecified atom stereocenters. The van der Waals surface area contributed by atoms with Crippen molar-refractivity contribution in [2.45, 2.75) is 0 Å². The molecule has 0 atom stereocenters. The molecule has 0 fully saturated rings. The van der Waals surface area contributed by atoms with E-state index in [2.05, 4.69) is 19.9 Å². The van der Waals surface area contributed by atoms with Gasteiger partial charge in [-0.2, -0.15) is 0 Å². The molecule has 1 aromatic carbocycles.